The molecule has 0 N–H and O–H groups in total. The Kier molecular flexibility index (Phi) is 6.20. The SMILES string of the molecule is CC1(C)c2ccccc2-c2cccc(N(c3ccc(-c4ccccc4)cc3)c3cccc(-c4ccc5ccccc5c4)c3)c21. The highest BCUT2D eigenvalue weighted by Gasteiger charge is 2.38. The number of nitrogens with zero attached hydrogens (tertiary/aromatic N) is 1. The zero-order valence-electron chi connectivity index (χ0n) is 25.0. The third-order valence-corrected chi connectivity index (χ3v) is 9.22. The summed E-state index contributed by atoms with van der Waals surface area (Å²) in [5, 5.41) is 2.51. The minimum atomic E-state index is -0.138. The molecule has 7 aromatic rings. The monoisotopic (exact) mass is 563 g/mol. The van der Waals surface area contributed by atoms with Crippen LogP contribution in [0.5, 0.6) is 0 Å². The summed E-state index contributed by atoms with van der Waals surface area (Å²) in [6.45, 7) is 4.73. The van der Waals surface area contributed by atoms with Gasteiger partial charge >= 0.3 is 0 Å². The lowest BCUT2D eigenvalue weighted by atomic mass is 9.81. The van der Waals surface area contributed by atoms with Crippen LogP contribution in [0.1, 0.15) is 25.0 Å². The van der Waals surface area contributed by atoms with Crippen molar-refractivity contribution in [3.8, 4) is 33.4 Å². The summed E-state index contributed by atoms with van der Waals surface area (Å²) < 4.78 is 0. The fraction of sp³-hybridized carbons (Fsp3) is 0.0698. The molecule has 7 aromatic carbocycles. The van der Waals surface area contributed by atoms with E-state index in [-0.39, 0.29) is 5.41 Å². The number of anilines is 3. The minimum absolute atomic E-state index is 0.138. The van der Waals surface area contributed by atoms with Gasteiger partial charge in [0, 0.05) is 16.8 Å². The van der Waals surface area contributed by atoms with E-state index in [4.69, 9.17) is 0 Å². The largest absolute Gasteiger partial charge is 0.310 e. The second-order valence-electron chi connectivity index (χ2n) is 12.2. The van der Waals surface area contributed by atoms with Crippen LogP contribution < -0.4 is 4.90 Å². The van der Waals surface area contributed by atoms with Gasteiger partial charge in [-0.05, 0) is 91.7 Å². The van der Waals surface area contributed by atoms with Crippen molar-refractivity contribution in [1.29, 1.82) is 0 Å². The van der Waals surface area contributed by atoms with Gasteiger partial charge in [-0.25, -0.2) is 0 Å². The van der Waals surface area contributed by atoms with E-state index in [2.05, 4.69) is 183 Å². The number of benzene rings is 7. The second-order valence-corrected chi connectivity index (χ2v) is 12.2. The van der Waals surface area contributed by atoms with Gasteiger partial charge in [-0.1, -0.05) is 141 Å². The minimum Gasteiger partial charge on any atom is -0.310 e. The number of hydrogen-bond acceptors (Lipinski definition) is 1. The van der Waals surface area contributed by atoms with Gasteiger partial charge < -0.3 is 4.90 Å². The third kappa shape index (κ3) is 4.32. The molecule has 0 aliphatic heterocycles. The lowest BCUT2D eigenvalue weighted by Gasteiger charge is -2.32. The highest BCUT2D eigenvalue weighted by Crippen LogP contribution is 2.54. The second kappa shape index (κ2) is 10.4. The molecule has 210 valence electrons. The van der Waals surface area contributed by atoms with Crippen molar-refractivity contribution in [1.82, 2.24) is 0 Å². The van der Waals surface area contributed by atoms with Gasteiger partial charge in [0.25, 0.3) is 0 Å². The van der Waals surface area contributed by atoms with E-state index in [0.29, 0.717) is 0 Å². The molecule has 0 heterocycles. The maximum Gasteiger partial charge on any atom is 0.0508 e. The molecule has 0 fully saturated rings. The molecule has 1 aliphatic carbocycles. The quantitative estimate of drug-likeness (QED) is 0.201. The Labute approximate surface area is 259 Å². The zero-order chi connectivity index (χ0) is 29.7. The molecule has 8 rings (SSSR count). The lowest BCUT2D eigenvalue weighted by molar-refractivity contribution is 0.661. The maximum absolute atomic E-state index is 2.45. The molecule has 0 bridgehead atoms. The van der Waals surface area contributed by atoms with Crippen molar-refractivity contribution < 1.29 is 0 Å². The fourth-order valence-electron chi connectivity index (χ4n) is 7.06. The van der Waals surface area contributed by atoms with Crippen molar-refractivity contribution in [2.75, 3.05) is 4.90 Å². The van der Waals surface area contributed by atoms with Gasteiger partial charge in [0.1, 0.15) is 0 Å². The average Bonchev–Trinajstić information content (AvgIpc) is 3.32. The number of rotatable bonds is 5. The molecule has 0 unspecified atom stereocenters. The van der Waals surface area contributed by atoms with Crippen molar-refractivity contribution in [3.05, 3.63) is 175 Å². The molecule has 0 aromatic heterocycles. The van der Waals surface area contributed by atoms with Gasteiger partial charge in [-0.15, -0.1) is 0 Å². The predicted molar refractivity (Wildman–Crippen MR) is 187 cm³/mol. The van der Waals surface area contributed by atoms with Gasteiger partial charge in [-0.2, -0.15) is 0 Å². The Balaban J connectivity index is 1.31. The molecule has 0 spiro atoms. The summed E-state index contributed by atoms with van der Waals surface area (Å²) in [5.41, 5.74) is 13.6. The molecule has 0 amide bonds. The Morgan fingerprint density at radius 2 is 1.02 bits per heavy atom. The van der Waals surface area contributed by atoms with Crippen molar-refractivity contribution in [2.45, 2.75) is 19.3 Å². The molecule has 1 heteroatoms. The Morgan fingerprint density at radius 3 is 1.86 bits per heavy atom. The average molecular weight is 564 g/mol. The van der Waals surface area contributed by atoms with E-state index in [9.17, 15) is 0 Å². The standard InChI is InChI=1S/C43H33N/c1-43(2)40-20-9-8-18-38(40)39-19-11-21-41(42(39)43)44(36-26-24-32(25-27-36)30-12-4-3-5-13-30)37-17-10-16-34(29-37)35-23-22-31-14-6-7-15-33(31)28-35/h3-29H,1-2H3. The van der Waals surface area contributed by atoms with Gasteiger partial charge in [0.2, 0.25) is 0 Å². The summed E-state index contributed by atoms with van der Waals surface area (Å²) >= 11 is 0. The van der Waals surface area contributed by atoms with Gasteiger partial charge in [-0.3, -0.25) is 0 Å². The third-order valence-electron chi connectivity index (χ3n) is 9.22. The molecule has 1 aliphatic rings. The van der Waals surface area contributed by atoms with E-state index in [1.54, 1.807) is 0 Å². The lowest BCUT2D eigenvalue weighted by Crippen LogP contribution is -2.20. The van der Waals surface area contributed by atoms with Crippen molar-refractivity contribution in [3.63, 3.8) is 0 Å². The summed E-state index contributed by atoms with van der Waals surface area (Å²) in [4.78, 5) is 2.45. The van der Waals surface area contributed by atoms with Crippen LogP contribution >= 0.6 is 0 Å². The number of fused-ring (bicyclic) bond motifs is 4. The summed E-state index contributed by atoms with van der Waals surface area (Å²) in [5.74, 6) is 0. The maximum atomic E-state index is 2.45. The first-order valence-corrected chi connectivity index (χ1v) is 15.4. The van der Waals surface area contributed by atoms with Crippen molar-refractivity contribution >= 4 is 27.8 Å². The summed E-state index contributed by atoms with van der Waals surface area (Å²) in [6.07, 6.45) is 0. The van der Waals surface area contributed by atoms with E-state index in [1.807, 2.05) is 0 Å². The first kappa shape index (κ1) is 26.2. The molecule has 44 heavy (non-hydrogen) atoms. The normalized spacial score (nSPS) is 13.0. The predicted octanol–water partition coefficient (Wildman–Crippen LogP) is 11.9. The van der Waals surface area contributed by atoms with Crippen LogP contribution in [0.2, 0.25) is 0 Å². The van der Waals surface area contributed by atoms with E-state index >= 15 is 0 Å². The van der Waals surface area contributed by atoms with Crippen LogP contribution in [0.3, 0.4) is 0 Å². The highest BCUT2D eigenvalue weighted by atomic mass is 15.1. The fourth-order valence-corrected chi connectivity index (χ4v) is 7.06. The topological polar surface area (TPSA) is 3.24 Å². The molecule has 0 radical (unpaired) electrons. The molecule has 0 atom stereocenters. The van der Waals surface area contributed by atoms with Crippen LogP contribution in [-0.4, -0.2) is 0 Å². The Bertz CT molecular complexity index is 2140. The van der Waals surface area contributed by atoms with Crippen molar-refractivity contribution in [2.24, 2.45) is 0 Å². The van der Waals surface area contributed by atoms with Gasteiger partial charge in [0.05, 0.1) is 5.69 Å². The van der Waals surface area contributed by atoms with Crippen LogP contribution in [0, 0.1) is 0 Å². The molecular weight excluding hydrogens is 530 g/mol. The van der Waals surface area contributed by atoms with E-state index < -0.39 is 0 Å². The van der Waals surface area contributed by atoms with Crippen LogP contribution in [0.15, 0.2) is 164 Å². The highest BCUT2D eigenvalue weighted by molar-refractivity contribution is 5.92. The molecule has 0 saturated heterocycles. The Hall–Kier alpha value is -5.40. The molecular formula is C43H33N. The van der Waals surface area contributed by atoms with E-state index in [1.165, 1.54) is 61.0 Å². The van der Waals surface area contributed by atoms with Crippen LogP contribution in [0.25, 0.3) is 44.2 Å². The Morgan fingerprint density at radius 1 is 0.409 bits per heavy atom. The molecule has 1 nitrogen and oxygen atoms in total. The number of hydrogen-bond donors (Lipinski definition) is 0. The summed E-state index contributed by atoms with van der Waals surface area (Å²) in [6, 6.07) is 59.6. The first-order chi connectivity index (χ1) is 21.6. The summed E-state index contributed by atoms with van der Waals surface area (Å²) in [7, 11) is 0. The van der Waals surface area contributed by atoms with Crippen LogP contribution in [0.4, 0.5) is 17.1 Å². The van der Waals surface area contributed by atoms with Crippen LogP contribution in [-0.2, 0) is 5.41 Å². The van der Waals surface area contributed by atoms with E-state index in [0.717, 1.165) is 11.4 Å². The van der Waals surface area contributed by atoms with Gasteiger partial charge in [0.15, 0.2) is 0 Å². The zero-order valence-corrected chi connectivity index (χ0v) is 25.0. The molecule has 0 saturated carbocycles. The first-order valence-electron chi connectivity index (χ1n) is 15.4. The smallest absolute Gasteiger partial charge is 0.0508 e.